The van der Waals surface area contributed by atoms with Crippen LogP contribution in [0.4, 0.5) is 0 Å². The van der Waals surface area contributed by atoms with Crippen LogP contribution in [0.25, 0.3) is 0 Å². The van der Waals surface area contributed by atoms with E-state index < -0.39 is 0 Å². The van der Waals surface area contributed by atoms with Gasteiger partial charge >= 0.3 is 0 Å². The molecule has 0 aliphatic heterocycles. The minimum atomic E-state index is 0.263. The quantitative estimate of drug-likeness (QED) is 0.871. The zero-order chi connectivity index (χ0) is 10.6. The van der Waals surface area contributed by atoms with Crippen LogP contribution in [0.2, 0.25) is 0 Å². The Labute approximate surface area is 92.0 Å². The maximum atomic E-state index is 9.63. The standard InChI is InChI=1S/C10H14BrNO2/c1-14-10-6-9(13)7(3-2-4-12)5-8(10)11/h5-6,13H,2-4,12H2,1H3. The molecule has 0 heterocycles. The van der Waals surface area contributed by atoms with E-state index >= 15 is 0 Å². The summed E-state index contributed by atoms with van der Waals surface area (Å²) in [7, 11) is 1.57. The van der Waals surface area contributed by atoms with Crippen molar-refractivity contribution in [3.05, 3.63) is 22.2 Å². The van der Waals surface area contributed by atoms with Crippen molar-refractivity contribution < 1.29 is 9.84 Å². The monoisotopic (exact) mass is 259 g/mol. The van der Waals surface area contributed by atoms with Gasteiger partial charge < -0.3 is 15.6 Å². The Morgan fingerprint density at radius 3 is 2.79 bits per heavy atom. The number of hydrogen-bond acceptors (Lipinski definition) is 3. The fourth-order valence-electron chi connectivity index (χ4n) is 1.23. The van der Waals surface area contributed by atoms with Crippen LogP contribution in [-0.4, -0.2) is 18.8 Å². The van der Waals surface area contributed by atoms with Gasteiger partial charge in [-0.25, -0.2) is 0 Å². The van der Waals surface area contributed by atoms with Crippen molar-refractivity contribution in [1.82, 2.24) is 0 Å². The van der Waals surface area contributed by atoms with E-state index in [1.165, 1.54) is 0 Å². The maximum Gasteiger partial charge on any atom is 0.136 e. The van der Waals surface area contributed by atoms with E-state index in [1.54, 1.807) is 13.2 Å². The predicted octanol–water partition coefficient (Wildman–Crippen LogP) is 2.05. The van der Waals surface area contributed by atoms with E-state index in [0.717, 1.165) is 22.9 Å². The lowest BCUT2D eigenvalue weighted by atomic mass is 10.1. The number of aromatic hydroxyl groups is 1. The van der Waals surface area contributed by atoms with E-state index in [4.69, 9.17) is 10.5 Å². The number of methoxy groups -OCH3 is 1. The van der Waals surface area contributed by atoms with Gasteiger partial charge in [-0.1, -0.05) is 0 Å². The highest BCUT2D eigenvalue weighted by atomic mass is 79.9. The summed E-state index contributed by atoms with van der Waals surface area (Å²) >= 11 is 3.37. The molecule has 0 aliphatic rings. The second-order valence-electron chi connectivity index (χ2n) is 3.01. The summed E-state index contributed by atoms with van der Waals surface area (Å²) in [5.41, 5.74) is 6.29. The highest BCUT2D eigenvalue weighted by Gasteiger charge is 2.07. The average molecular weight is 260 g/mol. The number of rotatable bonds is 4. The summed E-state index contributed by atoms with van der Waals surface area (Å²) in [6, 6.07) is 3.47. The minimum absolute atomic E-state index is 0.263. The van der Waals surface area contributed by atoms with Gasteiger partial charge in [0, 0.05) is 6.07 Å². The number of nitrogens with two attached hydrogens (primary N) is 1. The van der Waals surface area contributed by atoms with Crippen molar-refractivity contribution in [3.8, 4) is 11.5 Å². The van der Waals surface area contributed by atoms with Gasteiger partial charge in [0.25, 0.3) is 0 Å². The minimum Gasteiger partial charge on any atom is -0.508 e. The van der Waals surface area contributed by atoms with Crippen molar-refractivity contribution in [3.63, 3.8) is 0 Å². The Morgan fingerprint density at radius 1 is 1.50 bits per heavy atom. The van der Waals surface area contributed by atoms with Crippen LogP contribution >= 0.6 is 15.9 Å². The summed E-state index contributed by atoms with van der Waals surface area (Å²) in [5.74, 6) is 0.900. The summed E-state index contributed by atoms with van der Waals surface area (Å²) in [6.45, 7) is 0.628. The maximum absolute atomic E-state index is 9.63. The van der Waals surface area contributed by atoms with Crippen molar-refractivity contribution in [2.24, 2.45) is 5.73 Å². The van der Waals surface area contributed by atoms with Gasteiger partial charge in [0.1, 0.15) is 11.5 Å². The molecule has 1 aromatic carbocycles. The van der Waals surface area contributed by atoms with E-state index in [9.17, 15) is 5.11 Å². The molecule has 0 spiro atoms. The smallest absolute Gasteiger partial charge is 0.136 e. The number of ether oxygens (including phenoxy) is 1. The molecular formula is C10H14BrNO2. The van der Waals surface area contributed by atoms with Gasteiger partial charge in [-0.2, -0.15) is 0 Å². The molecule has 4 heteroatoms. The summed E-state index contributed by atoms with van der Waals surface area (Å²) < 4.78 is 5.91. The second-order valence-corrected chi connectivity index (χ2v) is 3.86. The topological polar surface area (TPSA) is 55.5 Å². The van der Waals surface area contributed by atoms with Gasteiger partial charge in [-0.15, -0.1) is 0 Å². The lowest BCUT2D eigenvalue weighted by Crippen LogP contribution is -2.00. The molecule has 0 radical (unpaired) electrons. The third kappa shape index (κ3) is 2.62. The van der Waals surface area contributed by atoms with Crippen LogP contribution in [0.5, 0.6) is 11.5 Å². The van der Waals surface area contributed by atoms with Gasteiger partial charge in [-0.3, -0.25) is 0 Å². The number of hydrogen-bond donors (Lipinski definition) is 2. The lowest BCUT2D eigenvalue weighted by molar-refractivity contribution is 0.403. The fourth-order valence-corrected chi connectivity index (χ4v) is 1.79. The third-order valence-electron chi connectivity index (χ3n) is 2.00. The molecule has 1 rings (SSSR count). The second kappa shape index (κ2) is 5.22. The third-order valence-corrected chi connectivity index (χ3v) is 2.62. The van der Waals surface area contributed by atoms with Crippen LogP contribution in [0, 0.1) is 0 Å². The van der Waals surface area contributed by atoms with E-state index in [-0.39, 0.29) is 5.75 Å². The number of halogens is 1. The molecule has 0 aromatic heterocycles. The van der Waals surface area contributed by atoms with Crippen LogP contribution < -0.4 is 10.5 Å². The molecule has 0 saturated carbocycles. The average Bonchev–Trinajstić information content (AvgIpc) is 2.18. The molecule has 3 nitrogen and oxygen atoms in total. The highest BCUT2D eigenvalue weighted by Crippen LogP contribution is 2.32. The number of phenolic OH excluding ortho intramolecular Hbond substituents is 1. The lowest BCUT2D eigenvalue weighted by Gasteiger charge is -2.08. The van der Waals surface area contributed by atoms with E-state index in [2.05, 4.69) is 15.9 Å². The van der Waals surface area contributed by atoms with Gasteiger partial charge in [0.15, 0.2) is 0 Å². The van der Waals surface area contributed by atoms with E-state index in [1.807, 2.05) is 6.07 Å². The van der Waals surface area contributed by atoms with Crippen molar-refractivity contribution in [2.75, 3.05) is 13.7 Å². The first kappa shape index (κ1) is 11.3. The zero-order valence-corrected chi connectivity index (χ0v) is 9.67. The molecule has 0 saturated heterocycles. The number of aryl methyl sites for hydroxylation is 1. The van der Waals surface area contributed by atoms with Crippen LogP contribution in [0.15, 0.2) is 16.6 Å². The first-order valence-corrected chi connectivity index (χ1v) is 5.23. The highest BCUT2D eigenvalue weighted by molar-refractivity contribution is 9.10. The van der Waals surface area contributed by atoms with Crippen LogP contribution in [0.3, 0.4) is 0 Å². The fraction of sp³-hybridized carbons (Fsp3) is 0.400. The molecule has 14 heavy (non-hydrogen) atoms. The molecule has 0 aliphatic carbocycles. The number of benzene rings is 1. The summed E-state index contributed by atoms with van der Waals surface area (Å²) in [6.07, 6.45) is 1.65. The first-order chi connectivity index (χ1) is 6.69. The van der Waals surface area contributed by atoms with Gasteiger partial charge in [-0.05, 0) is 46.9 Å². The predicted molar refractivity (Wildman–Crippen MR) is 59.7 cm³/mol. The first-order valence-electron chi connectivity index (χ1n) is 4.44. The molecule has 1 aromatic rings. The normalized spacial score (nSPS) is 10.2. The van der Waals surface area contributed by atoms with Crippen LogP contribution in [0.1, 0.15) is 12.0 Å². The molecule has 0 atom stereocenters. The zero-order valence-electron chi connectivity index (χ0n) is 8.09. The van der Waals surface area contributed by atoms with Gasteiger partial charge in [0.2, 0.25) is 0 Å². The SMILES string of the molecule is COc1cc(O)c(CCCN)cc1Br. The summed E-state index contributed by atoms with van der Waals surface area (Å²) in [5, 5.41) is 9.63. The molecule has 0 fully saturated rings. The van der Waals surface area contributed by atoms with Crippen molar-refractivity contribution in [2.45, 2.75) is 12.8 Å². The molecule has 3 N–H and O–H groups in total. The number of phenols is 1. The molecular weight excluding hydrogens is 246 g/mol. The van der Waals surface area contributed by atoms with Crippen molar-refractivity contribution in [1.29, 1.82) is 0 Å². The van der Waals surface area contributed by atoms with Crippen LogP contribution in [-0.2, 0) is 6.42 Å². The Hall–Kier alpha value is -0.740. The molecule has 78 valence electrons. The Kier molecular flexibility index (Phi) is 4.22. The molecule has 0 amide bonds. The molecule has 0 unspecified atom stereocenters. The van der Waals surface area contributed by atoms with E-state index in [0.29, 0.717) is 12.3 Å². The summed E-state index contributed by atoms with van der Waals surface area (Å²) in [4.78, 5) is 0. The molecule has 0 bridgehead atoms. The Bertz CT molecular complexity index is 315. The largest absolute Gasteiger partial charge is 0.508 e. The van der Waals surface area contributed by atoms with Crippen molar-refractivity contribution >= 4 is 15.9 Å². The Balaban J connectivity index is 2.90. The van der Waals surface area contributed by atoms with Gasteiger partial charge in [0.05, 0.1) is 11.6 Å². The Morgan fingerprint density at radius 2 is 2.21 bits per heavy atom.